The number of ether oxygens (including phenoxy) is 2. The molecular formula is C49H58O6. The Morgan fingerprint density at radius 2 is 0.982 bits per heavy atom. The first-order valence-electron chi connectivity index (χ1n) is 20.6. The van der Waals surface area contributed by atoms with Gasteiger partial charge in [0.05, 0.1) is 0 Å². The van der Waals surface area contributed by atoms with Crippen LogP contribution in [0.2, 0.25) is 0 Å². The van der Waals surface area contributed by atoms with Crippen LogP contribution in [0.1, 0.15) is 131 Å². The Labute approximate surface area is 327 Å². The smallest absolute Gasteiger partial charge is 0.308 e. The van der Waals surface area contributed by atoms with Gasteiger partial charge in [-0.15, -0.1) is 0 Å². The van der Waals surface area contributed by atoms with Crippen molar-refractivity contribution in [1.29, 1.82) is 0 Å². The molecule has 5 aliphatic rings. The summed E-state index contributed by atoms with van der Waals surface area (Å²) in [6, 6.07) is 23.3. The predicted octanol–water partition coefficient (Wildman–Crippen LogP) is 10.7. The molecule has 55 heavy (non-hydrogen) atoms. The van der Waals surface area contributed by atoms with Crippen LogP contribution < -0.4 is 9.47 Å². The second-order valence-corrected chi connectivity index (χ2v) is 17.4. The summed E-state index contributed by atoms with van der Waals surface area (Å²) < 4.78 is 11.1. The van der Waals surface area contributed by atoms with Crippen LogP contribution in [0.4, 0.5) is 0 Å². The van der Waals surface area contributed by atoms with Gasteiger partial charge in [-0.3, -0.25) is 9.59 Å². The molecule has 4 aromatic rings. The first-order valence-corrected chi connectivity index (χ1v) is 20.6. The van der Waals surface area contributed by atoms with Gasteiger partial charge in [-0.1, -0.05) is 82.6 Å². The van der Waals surface area contributed by atoms with Gasteiger partial charge in [-0.2, -0.15) is 0 Å². The molecule has 0 amide bonds. The van der Waals surface area contributed by atoms with Gasteiger partial charge in [0, 0.05) is 46.9 Å². The molecule has 0 saturated heterocycles. The lowest BCUT2D eigenvalue weighted by molar-refractivity contribution is -0.132. The number of aryl methyl sites for hydroxylation is 4. The van der Waals surface area contributed by atoms with Crippen LogP contribution in [0.25, 0.3) is 0 Å². The molecule has 9 rings (SSSR count). The second-order valence-electron chi connectivity index (χ2n) is 17.4. The molecule has 0 unspecified atom stereocenters. The van der Waals surface area contributed by atoms with Gasteiger partial charge in [0.15, 0.2) is 0 Å². The van der Waals surface area contributed by atoms with Gasteiger partial charge in [0.2, 0.25) is 0 Å². The normalized spacial score (nSPS) is 21.8. The van der Waals surface area contributed by atoms with Gasteiger partial charge in [-0.05, 0) is 134 Å². The Balaban J connectivity index is 0.000000137. The van der Waals surface area contributed by atoms with Crippen LogP contribution in [-0.2, 0) is 46.1 Å². The standard InChI is InChI=1S/C21H20O4.C17H16O2.C11H22/c1-13(22)24-17-7-3-5-15-9-11-21(19(15)17)12-10-16-6-4-8-18(20(16)21)25-14(2)23;18-13-5-1-3-11-7-9-17(15(11)13)10-8-12-4-2-6-14(19)16(12)17;1-8(2)11-6-5-9(3)7-10(11)4/h3-8H,9-12H2,1-2H3;1-6,18-19H,7-10H2;8-11H,5-7H2,1-4H3/t;;9-,10-,11+/m..1/s1. The van der Waals surface area contributed by atoms with Gasteiger partial charge in [0.1, 0.15) is 23.0 Å². The van der Waals surface area contributed by atoms with Crippen molar-refractivity contribution in [1.82, 2.24) is 0 Å². The van der Waals surface area contributed by atoms with E-state index in [2.05, 4.69) is 52.0 Å². The monoisotopic (exact) mass is 742 g/mol. The van der Waals surface area contributed by atoms with Crippen molar-refractivity contribution in [2.75, 3.05) is 0 Å². The van der Waals surface area contributed by atoms with Crippen LogP contribution in [0, 0.1) is 23.7 Å². The quantitative estimate of drug-likeness (QED) is 0.160. The third-order valence-corrected chi connectivity index (χ3v) is 13.5. The van der Waals surface area contributed by atoms with Gasteiger partial charge in [0.25, 0.3) is 0 Å². The molecule has 4 aromatic carbocycles. The van der Waals surface area contributed by atoms with E-state index in [9.17, 15) is 19.8 Å². The summed E-state index contributed by atoms with van der Waals surface area (Å²) in [5.74, 6) is 5.25. The highest BCUT2D eigenvalue weighted by atomic mass is 16.5. The van der Waals surface area contributed by atoms with Crippen LogP contribution in [0.15, 0.2) is 72.8 Å². The molecule has 0 aromatic heterocycles. The number of hydrogen-bond donors (Lipinski definition) is 2. The summed E-state index contributed by atoms with van der Waals surface area (Å²) in [7, 11) is 0. The molecular weight excluding hydrogens is 685 g/mol. The minimum absolute atomic E-state index is 0.165. The van der Waals surface area contributed by atoms with E-state index in [0.29, 0.717) is 23.0 Å². The molecule has 0 radical (unpaired) electrons. The number of rotatable bonds is 3. The Morgan fingerprint density at radius 3 is 1.36 bits per heavy atom. The maximum atomic E-state index is 11.6. The van der Waals surface area contributed by atoms with E-state index >= 15 is 0 Å². The molecule has 0 bridgehead atoms. The van der Waals surface area contributed by atoms with E-state index < -0.39 is 0 Å². The van der Waals surface area contributed by atoms with E-state index in [1.807, 2.05) is 36.4 Å². The molecule has 6 heteroatoms. The lowest BCUT2D eigenvalue weighted by atomic mass is 9.71. The molecule has 290 valence electrons. The number of fused-ring (bicyclic) bond motifs is 8. The Hall–Kier alpha value is -4.58. The van der Waals surface area contributed by atoms with Crippen molar-refractivity contribution in [3.8, 4) is 23.0 Å². The molecule has 1 saturated carbocycles. The summed E-state index contributed by atoms with van der Waals surface area (Å²) in [4.78, 5) is 23.2. The minimum Gasteiger partial charge on any atom is -0.508 e. The van der Waals surface area contributed by atoms with Gasteiger partial charge in [-0.25, -0.2) is 0 Å². The van der Waals surface area contributed by atoms with Crippen molar-refractivity contribution >= 4 is 11.9 Å². The number of carbonyl (C=O) groups excluding carboxylic acids is 2. The predicted molar refractivity (Wildman–Crippen MR) is 217 cm³/mol. The zero-order valence-corrected chi connectivity index (χ0v) is 33.5. The highest BCUT2D eigenvalue weighted by molar-refractivity contribution is 5.74. The number of benzene rings is 4. The van der Waals surface area contributed by atoms with Crippen molar-refractivity contribution in [3.05, 3.63) is 117 Å². The summed E-state index contributed by atoms with van der Waals surface area (Å²) in [5, 5.41) is 20.6. The molecule has 5 aliphatic carbocycles. The van der Waals surface area contributed by atoms with Crippen LogP contribution >= 0.6 is 0 Å². The summed E-state index contributed by atoms with van der Waals surface area (Å²) in [5.41, 5.74) is 8.75. The third-order valence-electron chi connectivity index (χ3n) is 13.5. The number of carbonyl (C=O) groups is 2. The van der Waals surface area contributed by atoms with E-state index in [1.54, 1.807) is 12.1 Å². The average molecular weight is 743 g/mol. The summed E-state index contributed by atoms with van der Waals surface area (Å²) in [6.45, 7) is 12.4. The van der Waals surface area contributed by atoms with Crippen molar-refractivity contribution in [2.24, 2.45) is 23.7 Å². The maximum absolute atomic E-state index is 11.6. The number of hydrogen-bond acceptors (Lipinski definition) is 6. The molecule has 0 aliphatic heterocycles. The average Bonchev–Trinajstić information content (AvgIpc) is 3.91. The number of aromatic hydroxyl groups is 2. The first-order chi connectivity index (χ1) is 26.3. The van der Waals surface area contributed by atoms with E-state index in [4.69, 9.17) is 9.47 Å². The molecule has 3 atom stereocenters. The molecule has 2 N–H and O–H groups in total. The Kier molecular flexibility index (Phi) is 10.9. The number of phenolic OH excluding ortho intramolecular Hbond substituents is 2. The summed E-state index contributed by atoms with van der Waals surface area (Å²) in [6.07, 6.45) is 12.1. The molecule has 0 heterocycles. The van der Waals surface area contributed by atoms with E-state index in [-0.39, 0.29) is 22.8 Å². The van der Waals surface area contributed by atoms with E-state index in [1.165, 1.54) is 55.4 Å². The summed E-state index contributed by atoms with van der Waals surface area (Å²) >= 11 is 0. The SMILES string of the molecule is CC(=O)Oc1cccc2c1C1(CC2)CCc2cccc(OC(C)=O)c21.CC(C)[C@@H]1CC[C@@H](C)C[C@H]1C.Oc1cccc2c1C1(CC2)CCc2cccc(O)c21. The highest BCUT2D eigenvalue weighted by Crippen LogP contribution is 2.58. The lowest BCUT2D eigenvalue weighted by Crippen LogP contribution is -2.25. The minimum atomic E-state index is -0.318. The van der Waals surface area contributed by atoms with Crippen LogP contribution in [-0.4, -0.2) is 22.2 Å². The van der Waals surface area contributed by atoms with Gasteiger partial charge < -0.3 is 19.7 Å². The zero-order valence-electron chi connectivity index (χ0n) is 33.5. The zero-order chi connectivity index (χ0) is 39.1. The highest BCUT2D eigenvalue weighted by Gasteiger charge is 2.49. The number of esters is 2. The van der Waals surface area contributed by atoms with Crippen molar-refractivity contribution in [3.63, 3.8) is 0 Å². The van der Waals surface area contributed by atoms with E-state index in [0.717, 1.165) is 97.3 Å². The third kappa shape index (κ3) is 7.18. The van der Waals surface area contributed by atoms with Crippen molar-refractivity contribution in [2.45, 2.75) is 123 Å². The fourth-order valence-electron chi connectivity index (χ4n) is 11.4. The Bertz CT molecular complexity index is 1940. The lowest BCUT2D eigenvalue weighted by Gasteiger charge is -2.35. The topological polar surface area (TPSA) is 93.1 Å². The first kappa shape index (κ1) is 38.7. The molecule has 6 nitrogen and oxygen atoms in total. The number of phenols is 2. The molecule has 1 fully saturated rings. The van der Waals surface area contributed by atoms with Crippen molar-refractivity contribution < 1.29 is 29.3 Å². The maximum Gasteiger partial charge on any atom is 0.308 e. The second kappa shape index (κ2) is 15.5. The fourth-order valence-corrected chi connectivity index (χ4v) is 11.4. The molecule has 2 spiro atoms. The largest absolute Gasteiger partial charge is 0.508 e. The van der Waals surface area contributed by atoms with Gasteiger partial charge >= 0.3 is 11.9 Å². The Morgan fingerprint density at radius 1 is 0.600 bits per heavy atom. The van der Waals surface area contributed by atoms with Crippen LogP contribution in [0.3, 0.4) is 0 Å². The van der Waals surface area contributed by atoms with Crippen LogP contribution in [0.5, 0.6) is 23.0 Å². The fraction of sp³-hybridized carbons (Fsp3) is 0.469.